The van der Waals surface area contributed by atoms with E-state index in [0.29, 0.717) is 13.0 Å². The van der Waals surface area contributed by atoms with Crippen LogP contribution in [-0.4, -0.2) is 42.9 Å². The van der Waals surface area contributed by atoms with E-state index in [2.05, 4.69) is 0 Å². The first-order chi connectivity index (χ1) is 5.93. The maximum Gasteiger partial charge on any atom is 0.127 e. The number of nitrogens with zero attached hydrogens (tertiary/aromatic N) is 1. The van der Waals surface area contributed by atoms with Gasteiger partial charge in [0.05, 0.1) is 18.8 Å². The van der Waals surface area contributed by atoms with Crippen molar-refractivity contribution in [3.63, 3.8) is 0 Å². The molecular weight excluding hydrogens is 169 g/mol. The predicted molar refractivity (Wildman–Crippen MR) is 51.6 cm³/mol. The molecule has 0 amide bonds. The Kier molecular flexibility index (Phi) is 3.30. The summed E-state index contributed by atoms with van der Waals surface area (Å²) in [4.78, 5) is 2.04. The van der Waals surface area contributed by atoms with E-state index in [9.17, 15) is 4.39 Å². The molecule has 3 heteroatoms. The Labute approximate surface area is 80.1 Å². The maximum absolute atomic E-state index is 13.9. The van der Waals surface area contributed by atoms with Gasteiger partial charge in [0.1, 0.15) is 5.67 Å². The summed E-state index contributed by atoms with van der Waals surface area (Å²) < 4.78 is 19.3. The lowest BCUT2D eigenvalue weighted by Crippen LogP contribution is -2.42. The second-order valence-electron chi connectivity index (χ2n) is 4.41. The van der Waals surface area contributed by atoms with Crippen molar-refractivity contribution in [2.24, 2.45) is 0 Å². The van der Waals surface area contributed by atoms with Crippen LogP contribution >= 0.6 is 0 Å². The third kappa shape index (κ3) is 2.64. The van der Waals surface area contributed by atoms with Crippen molar-refractivity contribution in [1.82, 2.24) is 4.90 Å². The van der Waals surface area contributed by atoms with Crippen molar-refractivity contribution in [1.29, 1.82) is 0 Å². The summed E-state index contributed by atoms with van der Waals surface area (Å²) in [6, 6.07) is -0.0742. The molecule has 2 atom stereocenters. The van der Waals surface area contributed by atoms with E-state index in [4.69, 9.17) is 4.74 Å². The summed E-state index contributed by atoms with van der Waals surface area (Å²) in [5.74, 6) is 0. The van der Waals surface area contributed by atoms with Crippen LogP contribution in [0, 0.1) is 0 Å². The van der Waals surface area contributed by atoms with Crippen molar-refractivity contribution < 1.29 is 9.13 Å². The number of rotatable bonds is 3. The molecule has 1 heterocycles. The molecule has 0 aromatic heterocycles. The van der Waals surface area contributed by atoms with Gasteiger partial charge in [-0.15, -0.1) is 0 Å². The lowest BCUT2D eigenvalue weighted by atomic mass is 10.0. The van der Waals surface area contributed by atoms with Crippen LogP contribution < -0.4 is 0 Å². The molecule has 0 aromatic carbocycles. The molecule has 0 spiro atoms. The van der Waals surface area contributed by atoms with Gasteiger partial charge >= 0.3 is 0 Å². The van der Waals surface area contributed by atoms with Crippen molar-refractivity contribution in [2.75, 3.05) is 20.2 Å². The molecule has 0 bridgehead atoms. The molecule has 0 aliphatic carbocycles. The van der Waals surface area contributed by atoms with Crippen molar-refractivity contribution in [3.8, 4) is 0 Å². The number of halogens is 1. The monoisotopic (exact) mass is 189 g/mol. The van der Waals surface area contributed by atoms with Crippen molar-refractivity contribution in [3.05, 3.63) is 0 Å². The minimum Gasteiger partial charge on any atom is -0.377 e. The van der Waals surface area contributed by atoms with E-state index in [1.54, 1.807) is 6.92 Å². The van der Waals surface area contributed by atoms with E-state index >= 15 is 0 Å². The Balaban J connectivity index is 2.46. The zero-order valence-corrected chi connectivity index (χ0v) is 9.01. The molecule has 0 radical (unpaired) electrons. The number of alkyl halides is 1. The quantitative estimate of drug-likeness (QED) is 0.671. The van der Waals surface area contributed by atoms with Gasteiger partial charge < -0.3 is 4.74 Å². The zero-order valence-electron chi connectivity index (χ0n) is 9.01. The van der Waals surface area contributed by atoms with E-state index < -0.39 is 5.67 Å². The van der Waals surface area contributed by atoms with Crippen LogP contribution in [0.15, 0.2) is 0 Å². The fraction of sp³-hybridized carbons (Fsp3) is 1.00. The first kappa shape index (κ1) is 10.9. The van der Waals surface area contributed by atoms with Gasteiger partial charge in [-0.2, -0.15) is 0 Å². The standard InChI is InChI=1S/C10H20FNO/c1-8(2)13-7-9-10(3,11)5-6-12(9)4/h8-9H,5-7H2,1-4H3. The Morgan fingerprint density at radius 2 is 2.23 bits per heavy atom. The summed E-state index contributed by atoms with van der Waals surface area (Å²) >= 11 is 0. The highest BCUT2D eigenvalue weighted by Crippen LogP contribution is 2.31. The number of likely N-dealkylation sites (N-methyl/N-ethyl adjacent to an activating group) is 1. The van der Waals surface area contributed by atoms with Crippen LogP contribution in [0.2, 0.25) is 0 Å². The first-order valence-corrected chi connectivity index (χ1v) is 4.94. The minimum atomic E-state index is -1.08. The molecular formula is C10H20FNO. The van der Waals surface area contributed by atoms with Gasteiger partial charge in [-0.1, -0.05) is 0 Å². The van der Waals surface area contributed by atoms with Gasteiger partial charge in [0.25, 0.3) is 0 Å². The van der Waals surface area contributed by atoms with Gasteiger partial charge in [-0.3, -0.25) is 4.90 Å². The molecule has 2 nitrogen and oxygen atoms in total. The molecule has 1 rings (SSSR count). The highest BCUT2D eigenvalue weighted by atomic mass is 19.1. The first-order valence-electron chi connectivity index (χ1n) is 4.94. The van der Waals surface area contributed by atoms with Gasteiger partial charge in [0, 0.05) is 6.54 Å². The van der Waals surface area contributed by atoms with Crippen LogP contribution in [-0.2, 0) is 4.74 Å². The van der Waals surface area contributed by atoms with Gasteiger partial charge in [-0.25, -0.2) is 4.39 Å². The van der Waals surface area contributed by atoms with Crippen LogP contribution in [0.25, 0.3) is 0 Å². The third-order valence-corrected chi connectivity index (χ3v) is 2.77. The van der Waals surface area contributed by atoms with Crippen LogP contribution in [0.3, 0.4) is 0 Å². The van der Waals surface area contributed by atoms with Crippen molar-refractivity contribution >= 4 is 0 Å². The average molecular weight is 189 g/mol. The Morgan fingerprint density at radius 1 is 1.62 bits per heavy atom. The molecule has 2 unspecified atom stereocenters. The highest BCUT2D eigenvalue weighted by Gasteiger charge is 2.42. The topological polar surface area (TPSA) is 12.5 Å². The molecule has 0 N–H and O–H groups in total. The lowest BCUT2D eigenvalue weighted by molar-refractivity contribution is 0.00327. The van der Waals surface area contributed by atoms with Crippen molar-refractivity contribution in [2.45, 2.75) is 45.0 Å². The van der Waals surface area contributed by atoms with E-state index in [-0.39, 0.29) is 12.1 Å². The molecule has 1 aliphatic heterocycles. The van der Waals surface area contributed by atoms with Gasteiger partial charge in [0.15, 0.2) is 0 Å². The maximum atomic E-state index is 13.9. The summed E-state index contributed by atoms with van der Waals surface area (Å²) in [5, 5.41) is 0. The van der Waals surface area contributed by atoms with Crippen LogP contribution in [0.4, 0.5) is 4.39 Å². The highest BCUT2D eigenvalue weighted by molar-refractivity contribution is 4.95. The molecule has 1 fully saturated rings. The average Bonchev–Trinajstić information content (AvgIpc) is 2.23. The zero-order chi connectivity index (χ0) is 10.1. The summed E-state index contributed by atoms with van der Waals surface area (Å²) in [7, 11) is 1.96. The lowest BCUT2D eigenvalue weighted by Gasteiger charge is -2.27. The van der Waals surface area contributed by atoms with Crippen LogP contribution in [0.1, 0.15) is 27.2 Å². The molecule has 1 saturated heterocycles. The normalized spacial score (nSPS) is 36.0. The van der Waals surface area contributed by atoms with E-state index in [1.165, 1.54) is 0 Å². The van der Waals surface area contributed by atoms with E-state index in [0.717, 1.165) is 6.54 Å². The van der Waals surface area contributed by atoms with E-state index in [1.807, 2.05) is 25.8 Å². The smallest absolute Gasteiger partial charge is 0.127 e. The third-order valence-electron chi connectivity index (χ3n) is 2.77. The van der Waals surface area contributed by atoms with Gasteiger partial charge in [-0.05, 0) is 34.2 Å². The number of likely N-dealkylation sites (tertiary alicyclic amines) is 1. The summed E-state index contributed by atoms with van der Waals surface area (Å²) in [6.07, 6.45) is 0.806. The molecule has 78 valence electrons. The Bertz CT molecular complexity index is 170. The number of hydrogen-bond donors (Lipinski definition) is 0. The summed E-state index contributed by atoms with van der Waals surface area (Å²) in [6.45, 7) is 6.96. The Morgan fingerprint density at radius 3 is 2.62 bits per heavy atom. The van der Waals surface area contributed by atoms with Crippen LogP contribution in [0.5, 0.6) is 0 Å². The molecule has 0 aromatic rings. The minimum absolute atomic E-state index is 0.0742. The number of ether oxygens (including phenoxy) is 1. The number of hydrogen-bond acceptors (Lipinski definition) is 2. The predicted octanol–water partition coefficient (Wildman–Crippen LogP) is 1.84. The molecule has 0 saturated carbocycles. The largest absolute Gasteiger partial charge is 0.377 e. The fourth-order valence-electron chi connectivity index (χ4n) is 1.76. The SMILES string of the molecule is CC(C)OCC1N(C)CCC1(C)F. The second-order valence-corrected chi connectivity index (χ2v) is 4.41. The second kappa shape index (κ2) is 3.93. The van der Waals surface area contributed by atoms with Gasteiger partial charge in [0.2, 0.25) is 0 Å². The Hall–Kier alpha value is -0.150. The molecule has 13 heavy (non-hydrogen) atoms. The summed E-state index contributed by atoms with van der Waals surface area (Å²) in [5.41, 5.74) is -1.08. The molecule has 1 aliphatic rings. The fourth-order valence-corrected chi connectivity index (χ4v) is 1.76.